The monoisotopic (exact) mass is 375 g/mol. The van der Waals surface area contributed by atoms with E-state index >= 15 is 0 Å². The second kappa shape index (κ2) is 7.35. The van der Waals surface area contributed by atoms with Gasteiger partial charge in [0.05, 0.1) is 17.2 Å². The van der Waals surface area contributed by atoms with Gasteiger partial charge in [-0.1, -0.05) is 18.2 Å². The summed E-state index contributed by atoms with van der Waals surface area (Å²) in [5.41, 5.74) is 0.836. The highest BCUT2D eigenvalue weighted by atomic mass is 32.2. The van der Waals surface area contributed by atoms with E-state index in [-0.39, 0.29) is 12.5 Å². The lowest BCUT2D eigenvalue weighted by molar-refractivity contribution is -0.120. The predicted molar refractivity (Wildman–Crippen MR) is 95.6 cm³/mol. The summed E-state index contributed by atoms with van der Waals surface area (Å²) < 4.78 is 26.9. The Hall–Kier alpha value is -2.21. The number of piperidine rings is 1. The smallest absolute Gasteiger partial charge is 0.252 e. The highest BCUT2D eigenvalue weighted by Gasteiger charge is 2.33. The lowest BCUT2D eigenvalue weighted by atomic mass is 9.98. The molecule has 0 saturated carbocycles. The molecule has 8 heteroatoms. The standard InChI is InChI=1S/C17H17N3O3S2/c18-11-13-5-1-2-7-15(13)19-17(21)14-6-3-9-20(12-14)25(22,23)16-8-4-10-24-16/h1-2,4-5,7-8,10,14H,3,6,9,12H2,(H,19,21). The molecule has 0 spiro atoms. The average molecular weight is 375 g/mol. The van der Waals surface area contributed by atoms with E-state index in [1.165, 1.54) is 15.6 Å². The Morgan fingerprint density at radius 2 is 2.08 bits per heavy atom. The van der Waals surface area contributed by atoms with Gasteiger partial charge in [0.2, 0.25) is 5.91 Å². The molecule has 1 aliphatic heterocycles. The van der Waals surface area contributed by atoms with Crippen LogP contribution in [-0.4, -0.2) is 31.7 Å². The maximum Gasteiger partial charge on any atom is 0.252 e. The molecule has 130 valence electrons. The van der Waals surface area contributed by atoms with Crippen LogP contribution in [0.5, 0.6) is 0 Å². The van der Waals surface area contributed by atoms with Gasteiger partial charge in [0, 0.05) is 13.1 Å². The number of anilines is 1. The van der Waals surface area contributed by atoms with Crippen LogP contribution in [0.1, 0.15) is 18.4 Å². The number of sulfonamides is 1. The first-order valence-corrected chi connectivity index (χ1v) is 10.2. The minimum Gasteiger partial charge on any atom is -0.325 e. The molecule has 0 radical (unpaired) electrons. The van der Waals surface area contributed by atoms with Crippen molar-refractivity contribution in [2.75, 3.05) is 18.4 Å². The molecule has 2 heterocycles. The first kappa shape index (κ1) is 17.6. The Bertz CT molecular complexity index is 901. The minimum atomic E-state index is -3.55. The zero-order valence-corrected chi connectivity index (χ0v) is 15.0. The van der Waals surface area contributed by atoms with Crippen LogP contribution in [0.2, 0.25) is 0 Å². The van der Waals surface area contributed by atoms with Gasteiger partial charge in [0.25, 0.3) is 10.0 Å². The third kappa shape index (κ3) is 3.74. The second-order valence-corrected chi connectivity index (χ2v) is 8.89. The van der Waals surface area contributed by atoms with Crippen molar-refractivity contribution in [2.45, 2.75) is 17.1 Å². The summed E-state index contributed by atoms with van der Waals surface area (Å²) in [6.07, 6.45) is 1.25. The molecule has 1 saturated heterocycles. The molecule has 3 rings (SSSR count). The van der Waals surface area contributed by atoms with Crippen molar-refractivity contribution in [1.29, 1.82) is 5.26 Å². The fourth-order valence-corrected chi connectivity index (χ4v) is 5.51. The van der Waals surface area contributed by atoms with Crippen molar-refractivity contribution in [3.63, 3.8) is 0 Å². The zero-order chi connectivity index (χ0) is 17.9. The zero-order valence-electron chi connectivity index (χ0n) is 13.4. The highest BCUT2D eigenvalue weighted by molar-refractivity contribution is 7.91. The van der Waals surface area contributed by atoms with Gasteiger partial charge < -0.3 is 5.32 Å². The lowest BCUT2D eigenvalue weighted by Crippen LogP contribution is -2.43. The number of hydrogen-bond donors (Lipinski definition) is 1. The van der Waals surface area contributed by atoms with E-state index in [1.807, 2.05) is 6.07 Å². The molecule has 6 nitrogen and oxygen atoms in total. The summed E-state index contributed by atoms with van der Waals surface area (Å²) in [6, 6.07) is 12.1. The number of thiophene rings is 1. The summed E-state index contributed by atoms with van der Waals surface area (Å²) in [6.45, 7) is 0.569. The number of carbonyl (C=O) groups is 1. The van der Waals surface area contributed by atoms with E-state index in [1.54, 1.807) is 41.8 Å². The lowest BCUT2D eigenvalue weighted by Gasteiger charge is -2.30. The first-order valence-electron chi connectivity index (χ1n) is 7.86. The molecule has 1 unspecified atom stereocenters. The molecular formula is C17H17N3O3S2. The van der Waals surface area contributed by atoms with Crippen LogP contribution < -0.4 is 5.32 Å². The van der Waals surface area contributed by atoms with Crippen LogP contribution in [0.4, 0.5) is 5.69 Å². The van der Waals surface area contributed by atoms with Gasteiger partial charge in [-0.15, -0.1) is 11.3 Å². The molecule has 25 heavy (non-hydrogen) atoms. The summed E-state index contributed by atoms with van der Waals surface area (Å²) in [5.74, 6) is -0.691. The fraction of sp³-hybridized carbons (Fsp3) is 0.294. The van der Waals surface area contributed by atoms with E-state index in [4.69, 9.17) is 5.26 Å². The number of carbonyl (C=O) groups excluding carboxylic acids is 1. The van der Waals surface area contributed by atoms with Gasteiger partial charge in [0.15, 0.2) is 0 Å². The topological polar surface area (TPSA) is 90.3 Å². The Morgan fingerprint density at radius 3 is 2.80 bits per heavy atom. The van der Waals surface area contributed by atoms with Crippen LogP contribution in [0.25, 0.3) is 0 Å². The summed E-state index contributed by atoms with van der Waals surface area (Å²) >= 11 is 1.17. The molecule has 2 aromatic rings. The van der Waals surface area contributed by atoms with Crippen molar-refractivity contribution >= 4 is 33.0 Å². The Kier molecular flexibility index (Phi) is 5.18. The fourth-order valence-electron chi connectivity index (χ4n) is 2.84. The van der Waals surface area contributed by atoms with Gasteiger partial charge in [-0.05, 0) is 36.4 Å². The van der Waals surface area contributed by atoms with Crippen LogP contribution in [0.15, 0.2) is 46.0 Å². The largest absolute Gasteiger partial charge is 0.325 e. The first-order chi connectivity index (χ1) is 12.0. The summed E-state index contributed by atoms with van der Waals surface area (Å²) in [7, 11) is -3.55. The molecule has 0 aliphatic carbocycles. The number of rotatable bonds is 4. The maximum atomic E-state index is 12.6. The van der Waals surface area contributed by atoms with Crippen LogP contribution in [-0.2, 0) is 14.8 Å². The van der Waals surface area contributed by atoms with Gasteiger partial charge in [-0.3, -0.25) is 4.79 Å². The third-order valence-corrected chi connectivity index (χ3v) is 7.39. The van der Waals surface area contributed by atoms with Crippen LogP contribution in [0, 0.1) is 17.2 Å². The molecule has 1 amide bonds. The van der Waals surface area contributed by atoms with Gasteiger partial charge in [-0.25, -0.2) is 8.42 Å². The molecular weight excluding hydrogens is 358 g/mol. The number of para-hydroxylation sites is 1. The van der Waals surface area contributed by atoms with Crippen molar-refractivity contribution in [3.8, 4) is 6.07 Å². The third-order valence-electron chi connectivity index (χ3n) is 4.15. The number of nitrogens with zero attached hydrogens (tertiary/aromatic N) is 2. The Balaban J connectivity index is 1.73. The molecule has 1 N–H and O–H groups in total. The van der Waals surface area contributed by atoms with Gasteiger partial charge in [-0.2, -0.15) is 9.57 Å². The van der Waals surface area contributed by atoms with Gasteiger partial charge in [0.1, 0.15) is 10.3 Å². The van der Waals surface area contributed by atoms with E-state index in [9.17, 15) is 13.2 Å². The highest BCUT2D eigenvalue weighted by Crippen LogP contribution is 2.27. The van der Waals surface area contributed by atoms with Crippen molar-refractivity contribution in [1.82, 2.24) is 4.31 Å². The van der Waals surface area contributed by atoms with E-state index in [0.29, 0.717) is 34.8 Å². The normalized spacial score (nSPS) is 18.4. The van der Waals surface area contributed by atoms with E-state index in [0.717, 1.165) is 0 Å². The van der Waals surface area contributed by atoms with E-state index in [2.05, 4.69) is 5.32 Å². The molecule has 1 atom stereocenters. The van der Waals surface area contributed by atoms with E-state index < -0.39 is 15.9 Å². The molecule has 1 aliphatic rings. The van der Waals surface area contributed by atoms with Crippen molar-refractivity contribution in [2.24, 2.45) is 5.92 Å². The Morgan fingerprint density at radius 1 is 1.28 bits per heavy atom. The average Bonchev–Trinajstić information content (AvgIpc) is 3.18. The minimum absolute atomic E-state index is 0.154. The number of nitriles is 1. The van der Waals surface area contributed by atoms with Gasteiger partial charge >= 0.3 is 0 Å². The molecule has 1 aromatic carbocycles. The SMILES string of the molecule is N#Cc1ccccc1NC(=O)C1CCCN(S(=O)(=O)c2cccs2)C1. The molecule has 0 bridgehead atoms. The molecule has 1 aromatic heterocycles. The number of benzene rings is 1. The number of amides is 1. The molecule has 1 fully saturated rings. The predicted octanol–water partition coefficient (Wildman–Crippen LogP) is 2.66. The maximum absolute atomic E-state index is 12.6. The summed E-state index contributed by atoms with van der Waals surface area (Å²) in [4.78, 5) is 12.6. The van der Waals surface area contributed by atoms with Crippen LogP contribution in [0.3, 0.4) is 0 Å². The van der Waals surface area contributed by atoms with Crippen molar-refractivity contribution < 1.29 is 13.2 Å². The van der Waals surface area contributed by atoms with Crippen molar-refractivity contribution in [3.05, 3.63) is 47.3 Å². The van der Waals surface area contributed by atoms with Crippen LogP contribution >= 0.6 is 11.3 Å². The second-order valence-electron chi connectivity index (χ2n) is 5.78. The Labute approximate surface area is 150 Å². The summed E-state index contributed by atoms with van der Waals surface area (Å²) in [5, 5.41) is 13.6. The quantitative estimate of drug-likeness (QED) is 0.889. The number of hydrogen-bond acceptors (Lipinski definition) is 5. The number of nitrogens with one attached hydrogen (secondary N) is 1.